The summed E-state index contributed by atoms with van der Waals surface area (Å²) in [6.07, 6.45) is 0.162. The van der Waals surface area contributed by atoms with E-state index < -0.39 is 11.9 Å². The maximum Gasteiger partial charge on any atom is 0.348 e. The van der Waals surface area contributed by atoms with Gasteiger partial charge in [-0.2, -0.15) is 0 Å². The van der Waals surface area contributed by atoms with Crippen LogP contribution in [0.4, 0.5) is 5.00 Å². The Kier molecular flexibility index (Phi) is 7.11. The Balaban J connectivity index is 1.66. The quantitative estimate of drug-likeness (QED) is 0.402. The van der Waals surface area contributed by atoms with E-state index in [1.54, 1.807) is 13.8 Å². The van der Waals surface area contributed by atoms with Gasteiger partial charge in [0, 0.05) is 12.2 Å². The second-order valence-electron chi connectivity index (χ2n) is 6.07. The van der Waals surface area contributed by atoms with Gasteiger partial charge in [0.25, 0.3) is 5.22 Å². The van der Waals surface area contributed by atoms with Crippen molar-refractivity contribution < 1.29 is 28.3 Å². The number of methoxy groups -OCH3 is 1. The van der Waals surface area contributed by atoms with E-state index in [1.807, 2.05) is 24.3 Å². The first-order chi connectivity index (χ1) is 14.4. The van der Waals surface area contributed by atoms with Crippen LogP contribution in [-0.2, 0) is 14.3 Å². The summed E-state index contributed by atoms with van der Waals surface area (Å²) in [4.78, 5) is 41.3. The third-order valence-electron chi connectivity index (χ3n) is 4.08. The SMILES string of the molecule is CCOC(=O)c1sc(NC(=O)CCSc2nc3ccccc3o2)c(C(=O)OC)c1C. The molecule has 1 aromatic carbocycles. The van der Waals surface area contributed by atoms with E-state index in [1.165, 1.54) is 18.9 Å². The molecular weight excluding hydrogens is 428 g/mol. The Morgan fingerprint density at radius 2 is 2.00 bits per heavy atom. The van der Waals surface area contributed by atoms with Crippen molar-refractivity contribution in [3.05, 3.63) is 40.3 Å². The van der Waals surface area contributed by atoms with Crippen LogP contribution in [0.3, 0.4) is 0 Å². The van der Waals surface area contributed by atoms with Gasteiger partial charge in [0.2, 0.25) is 5.91 Å². The van der Waals surface area contributed by atoms with Crippen molar-refractivity contribution in [1.29, 1.82) is 0 Å². The number of carbonyl (C=O) groups is 3. The van der Waals surface area contributed by atoms with Crippen LogP contribution in [0.1, 0.15) is 38.9 Å². The Bertz CT molecular complexity index is 1060. The molecule has 8 nitrogen and oxygen atoms in total. The molecule has 158 valence electrons. The van der Waals surface area contributed by atoms with Crippen molar-refractivity contribution in [1.82, 2.24) is 4.98 Å². The van der Waals surface area contributed by atoms with Gasteiger partial charge in [-0.05, 0) is 31.5 Å². The lowest BCUT2D eigenvalue weighted by Crippen LogP contribution is -2.14. The minimum Gasteiger partial charge on any atom is -0.465 e. The number of hydrogen-bond acceptors (Lipinski definition) is 9. The molecule has 0 atom stereocenters. The molecule has 0 saturated carbocycles. The van der Waals surface area contributed by atoms with Crippen molar-refractivity contribution in [2.75, 3.05) is 24.8 Å². The Hall–Kier alpha value is -2.85. The van der Waals surface area contributed by atoms with Gasteiger partial charge < -0.3 is 19.2 Å². The Labute approximate surface area is 180 Å². The highest BCUT2D eigenvalue weighted by Crippen LogP contribution is 2.34. The van der Waals surface area contributed by atoms with Gasteiger partial charge in [0.05, 0.1) is 19.3 Å². The molecule has 0 saturated heterocycles. The van der Waals surface area contributed by atoms with Crippen LogP contribution in [0.5, 0.6) is 0 Å². The first-order valence-electron chi connectivity index (χ1n) is 9.11. The second-order valence-corrected chi connectivity index (χ2v) is 8.13. The molecule has 2 heterocycles. The summed E-state index contributed by atoms with van der Waals surface area (Å²) in [5, 5.41) is 3.45. The highest BCUT2D eigenvalue weighted by molar-refractivity contribution is 7.99. The van der Waals surface area contributed by atoms with Gasteiger partial charge >= 0.3 is 11.9 Å². The standard InChI is InChI=1S/C20H20N2O6S2/c1-4-27-19(25)16-11(2)15(18(24)26-3)17(30-16)22-14(23)9-10-29-20-21-12-7-5-6-8-13(12)28-20/h5-8H,4,9-10H2,1-3H3,(H,22,23). The van der Waals surface area contributed by atoms with Crippen molar-refractivity contribution in [2.24, 2.45) is 0 Å². The topological polar surface area (TPSA) is 108 Å². The summed E-state index contributed by atoms with van der Waals surface area (Å²) in [7, 11) is 1.24. The fourth-order valence-electron chi connectivity index (χ4n) is 2.67. The van der Waals surface area contributed by atoms with Crippen molar-refractivity contribution in [3.63, 3.8) is 0 Å². The number of thioether (sulfide) groups is 1. The number of anilines is 1. The van der Waals surface area contributed by atoms with E-state index in [2.05, 4.69) is 10.3 Å². The van der Waals surface area contributed by atoms with Gasteiger partial charge in [0.15, 0.2) is 5.58 Å². The number of amides is 1. The fourth-order valence-corrected chi connectivity index (χ4v) is 4.55. The van der Waals surface area contributed by atoms with E-state index >= 15 is 0 Å². The summed E-state index contributed by atoms with van der Waals surface area (Å²) >= 11 is 2.31. The number of nitrogens with one attached hydrogen (secondary N) is 1. The average Bonchev–Trinajstić information content (AvgIpc) is 3.28. The number of rotatable bonds is 8. The van der Waals surface area contributed by atoms with E-state index in [-0.39, 0.29) is 34.4 Å². The number of thiophene rings is 1. The molecule has 10 heteroatoms. The molecule has 1 amide bonds. The zero-order chi connectivity index (χ0) is 21.7. The predicted octanol–water partition coefficient (Wildman–Crippen LogP) is 4.28. The fraction of sp³-hybridized carbons (Fsp3) is 0.300. The summed E-state index contributed by atoms with van der Waals surface area (Å²) in [5.74, 6) is -1.05. The molecule has 0 radical (unpaired) electrons. The maximum atomic E-state index is 12.4. The van der Waals surface area contributed by atoms with Gasteiger partial charge in [-0.3, -0.25) is 4.79 Å². The number of ether oxygens (including phenoxy) is 2. The second kappa shape index (κ2) is 9.77. The molecular formula is C20H20N2O6S2. The smallest absolute Gasteiger partial charge is 0.348 e. The van der Waals surface area contributed by atoms with Crippen LogP contribution >= 0.6 is 23.1 Å². The van der Waals surface area contributed by atoms with Crippen LogP contribution < -0.4 is 5.32 Å². The van der Waals surface area contributed by atoms with Crippen LogP contribution in [0.15, 0.2) is 33.9 Å². The first kappa shape index (κ1) is 21.8. The monoisotopic (exact) mass is 448 g/mol. The molecule has 1 N–H and O–H groups in total. The highest BCUT2D eigenvalue weighted by Gasteiger charge is 2.27. The summed E-state index contributed by atoms with van der Waals surface area (Å²) in [6.45, 7) is 3.52. The number of benzene rings is 1. The molecule has 0 bridgehead atoms. The van der Waals surface area contributed by atoms with Gasteiger partial charge in [-0.1, -0.05) is 23.9 Å². The summed E-state index contributed by atoms with van der Waals surface area (Å²) in [6, 6.07) is 7.42. The van der Waals surface area contributed by atoms with E-state index in [4.69, 9.17) is 13.9 Å². The number of hydrogen-bond donors (Lipinski definition) is 1. The number of fused-ring (bicyclic) bond motifs is 1. The largest absolute Gasteiger partial charge is 0.465 e. The molecule has 0 aliphatic heterocycles. The van der Waals surface area contributed by atoms with Gasteiger partial charge in [0.1, 0.15) is 15.4 Å². The molecule has 0 fully saturated rings. The van der Waals surface area contributed by atoms with Crippen molar-refractivity contribution in [3.8, 4) is 0 Å². The van der Waals surface area contributed by atoms with E-state index in [0.29, 0.717) is 22.1 Å². The number of carbonyl (C=O) groups excluding carboxylic acids is 3. The van der Waals surface area contributed by atoms with Crippen LogP contribution in [-0.4, -0.2) is 42.3 Å². The lowest BCUT2D eigenvalue weighted by Gasteiger charge is -2.05. The molecule has 0 aliphatic carbocycles. The maximum absolute atomic E-state index is 12.4. The third kappa shape index (κ3) is 4.82. The molecule has 0 unspecified atom stereocenters. The lowest BCUT2D eigenvalue weighted by atomic mass is 10.1. The minimum absolute atomic E-state index is 0.158. The number of nitrogens with zero attached hydrogens (tertiary/aromatic N) is 1. The number of esters is 2. The third-order valence-corrected chi connectivity index (χ3v) is 6.10. The van der Waals surface area contributed by atoms with Gasteiger partial charge in [-0.25, -0.2) is 14.6 Å². The first-order valence-corrected chi connectivity index (χ1v) is 10.9. The highest BCUT2D eigenvalue weighted by atomic mass is 32.2. The zero-order valence-electron chi connectivity index (χ0n) is 16.6. The minimum atomic E-state index is -0.629. The van der Waals surface area contributed by atoms with Crippen molar-refractivity contribution >= 4 is 57.0 Å². The molecule has 30 heavy (non-hydrogen) atoms. The van der Waals surface area contributed by atoms with Crippen LogP contribution in [0, 0.1) is 6.92 Å². The molecule has 0 aliphatic rings. The average molecular weight is 449 g/mol. The van der Waals surface area contributed by atoms with E-state index in [9.17, 15) is 14.4 Å². The molecule has 3 aromatic rings. The number of para-hydroxylation sites is 2. The Morgan fingerprint density at radius 1 is 1.23 bits per heavy atom. The summed E-state index contributed by atoms with van der Waals surface area (Å²) < 4.78 is 15.4. The zero-order valence-corrected chi connectivity index (χ0v) is 18.3. The lowest BCUT2D eigenvalue weighted by molar-refractivity contribution is -0.115. The normalized spacial score (nSPS) is 10.8. The predicted molar refractivity (Wildman–Crippen MR) is 114 cm³/mol. The summed E-state index contributed by atoms with van der Waals surface area (Å²) in [5.41, 5.74) is 2.02. The van der Waals surface area contributed by atoms with Gasteiger partial charge in [-0.15, -0.1) is 11.3 Å². The van der Waals surface area contributed by atoms with E-state index in [0.717, 1.165) is 16.9 Å². The number of aromatic nitrogens is 1. The molecule has 3 rings (SSSR count). The molecule has 2 aromatic heterocycles. The number of oxazole rings is 1. The van der Waals surface area contributed by atoms with Crippen molar-refractivity contribution in [2.45, 2.75) is 25.5 Å². The van der Waals surface area contributed by atoms with Crippen LogP contribution in [0.25, 0.3) is 11.1 Å². The van der Waals surface area contributed by atoms with Crippen LogP contribution in [0.2, 0.25) is 0 Å². The molecule has 0 spiro atoms. The Morgan fingerprint density at radius 3 is 2.70 bits per heavy atom.